The lowest BCUT2D eigenvalue weighted by Gasteiger charge is -2.15. The van der Waals surface area contributed by atoms with E-state index in [4.69, 9.17) is 15.7 Å². The van der Waals surface area contributed by atoms with Crippen molar-refractivity contribution >= 4 is 11.7 Å². The van der Waals surface area contributed by atoms with Crippen molar-refractivity contribution in [1.82, 2.24) is 5.32 Å². The number of carbonyl (C=O) groups excluding carboxylic acids is 1. The average molecular weight is 279 g/mol. The number of hydrogen-bond acceptors (Lipinski definition) is 4. The van der Waals surface area contributed by atoms with Crippen molar-refractivity contribution in [2.24, 2.45) is 10.9 Å². The number of amidine groups is 1. The zero-order chi connectivity index (χ0) is 15.0. The van der Waals surface area contributed by atoms with Crippen LogP contribution in [0.1, 0.15) is 32.3 Å². The standard InChI is InChI=1S/C14H21N3O3/c1-3-11(4-2)16-13(18)9-20-12-7-5-10(6-8-12)14(15)17-19/h5-8,11,19H,3-4,9H2,1-2H3,(H2,15,17)(H,16,18). The van der Waals surface area contributed by atoms with E-state index in [9.17, 15) is 4.79 Å². The van der Waals surface area contributed by atoms with Crippen molar-refractivity contribution in [1.29, 1.82) is 0 Å². The molecule has 1 aromatic carbocycles. The van der Waals surface area contributed by atoms with Gasteiger partial charge in [0.2, 0.25) is 0 Å². The smallest absolute Gasteiger partial charge is 0.258 e. The molecule has 0 aliphatic rings. The number of amides is 1. The summed E-state index contributed by atoms with van der Waals surface area (Å²) in [7, 11) is 0. The van der Waals surface area contributed by atoms with Crippen molar-refractivity contribution in [2.75, 3.05) is 6.61 Å². The number of carbonyl (C=O) groups is 1. The Hall–Kier alpha value is -2.24. The number of oxime groups is 1. The molecule has 0 saturated heterocycles. The summed E-state index contributed by atoms with van der Waals surface area (Å²) >= 11 is 0. The third kappa shape index (κ3) is 4.79. The van der Waals surface area contributed by atoms with Gasteiger partial charge in [0.1, 0.15) is 5.75 Å². The fourth-order valence-electron chi connectivity index (χ4n) is 1.69. The van der Waals surface area contributed by atoms with Crippen molar-refractivity contribution < 1.29 is 14.7 Å². The van der Waals surface area contributed by atoms with E-state index in [1.54, 1.807) is 24.3 Å². The highest BCUT2D eigenvalue weighted by molar-refractivity contribution is 5.97. The lowest BCUT2D eigenvalue weighted by atomic mass is 10.2. The first-order chi connectivity index (χ1) is 9.60. The van der Waals surface area contributed by atoms with Gasteiger partial charge in [0.15, 0.2) is 12.4 Å². The first-order valence-electron chi connectivity index (χ1n) is 6.60. The molecular formula is C14H21N3O3. The van der Waals surface area contributed by atoms with E-state index in [0.29, 0.717) is 11.3 Å². The normalized spacial score (nSPS) is 11.4. The highest BCUT2D eigenvalue weighted by Crippen LogP contribution is 2.12. The Morgan fingerprint density at radius 2 is 1.95 bits per heavy atom. The Morgan fingerprint density at radius 3 is 2.45 bits per heavy atom. The summed E-state index contributed by atoms with van der Waals surface area (Å²) < 4.78 is 5.37. The first-order valence-corrected chi connectivity index (χ1v) is 6.60. The van der Waals surface area contributed by atoms with Crippen molar-refractivity contribution in [3.63, 3.8) is 0 Å². The van der Waals surface area contributed by atoms with Crippen LogP contribution in [0.15, 0.2) is 29.4 Å². The van der Waals surface area contributed by atoms with Crippen LogP contribution in [0.3, 0.4) is 0 Å². The molecule has 6 nitrogen and oxygen atoms in total. The molecule has 0 unspecified atom stereocenters. The highest BCUT2D eigenvalue weighted by atomic mass is 16.5. The number of hydrogen-bond donors (Lipinski definition) is 3. The Labute approximate surface area is 118 Å². The Bertz CT molecular complexity index is 453. The molecule has 20 heavy (non-hydrogen) atoms. The van der Waals surface area contributed by atoms with Crippen LogP contribution in [0.25, 0.3) is 0 Å². The summed E-state index contributed by atoms with van der Waals surface area (Å²) in [6.07, 6.45) is 1.80. The molecule has 0 fully saturated rings. The maximum Gasteiger partial charge on any atom is 0.258 e. The van der Waals surface area contributed by atoms with Crippen LogP contribution >= 0.6 is 0 Å². The van der Waals surface area contributed by atoms with E-state index in [1.807, 2.05) is 13.8 Å². The second kappa shape index (κ2) is 8.04. The van der Waals surface area contributed by atoms with Crippen LogP contribution in [-0.4, -0.2) is 29.6 Å². The summed E-state index contributed by atoms with van der Waals surface area (Å²) in [4.78, 5) is 11.7. The summed E-state index contributed by atoms with van der Waals surface area (Å²) in [5, 5.41) is 14.3. The van der Waals surface area contributed by atoms with Gasteiger partial charge in [0, 0.05) is 11.6 Å². The maximum atomic E-state index is 11.7. The second-order valence-corrected chi connectivity index (χ2v) is 4.38. The highest BCUT2D eigenvalue weighted by Gasteiger charge is 2.09. The fraction of sp³-hybridized carbons (Fsp3) is 0.429. The lowest BCUT2D eigenvalue weighted by Crippen LogP contribution is -2.37. The van der Waals surface area contributed by atoms with Crippen molar-refractivity contribution in [2.45, 2.75) is 32.7 Å². The number of nitrogens with one attached hydrogen (secondary N) is 1. The first kappa shape index (κ1) is 15.8. The minimum absolute atomic E-state index is 0.0284. The molecule has 1 amide bonds. The van der Waals surface area contributed by atoms with Gasteiger partial charge < -0.3 is 21.0 Å². The molecule has 0 spiro atoms. The van der Waals surface area contributed by atoms with Gasteiger partial charge in [0.05, 0.1) is 0 Å². The monoisotopic (exact) mass is 279 g/mol. The number of rotatable bonds is 7. The Balaban J connectivity index is 2.48. The van der Waals surface area contributed by atoms with Crippen LogP contribution in [0.2, 0.25) is 0 Å². The van der Waals surface area contributed by atoms with Gasteiger partial charge in [-0.1, -0.05) is 19.0 Å². The van der Waals surface area contributed by atoms with Crippen LogP contribution in [0.4, 0.5) is 0 Å². The van der Waals surface area contributed by atoms with Crippen LogP contribution in [0, 0.1) is 0 Å². The lowest BCUT2D eigenvalue weighted by molar-refractivity contribution is -0.123. The maximum absolute atomic E-state index is 11.7. The Kier molecular flexibility index (Phi) is 6.36. The van der Waals surface area contributed by atoms with Crippen LogP contribution in [-0.2, 0) is 4.79 Å². The quantitative estimate of drug-likeness (QED) is 0.305. The summed E-state index contributed by atoms with van der Waals surface area (Å²) in [6.45, 7) is 4.03. The van der Waals surface area contributed by atoms with E-state index in [2.05, 4.69) is 10.5 Å². The third-order valence-electron chi connectivity index (χ3n) is 2.98. The molecule has 1 aromatic rings. The number of nitrogens with two attached hydrogens (primary N) is 1. The second-order valence-electron chi connectivity index (χ2n) is 4.38. The molecule has 0 aliphatic carbocycles. The van der Waals surface area contributed by atoms with Crippen molar-refractivity contribution in [3.8, 4) is 5.75 Å². The molecular weight excluding hydrogens is 258 g/mol. The predicted octanol–water partition coefficient (Wildman–Crippen LogP) is 1.46. The van der Waals surface area contributed by atoms with E-state index >= 15 is 0 Å². The molecule has 0 aromatic heterocycles. The zero-order valence-corrected chi connectivity index (χ0v) is 11.8. The van der Waals surface area contributed by atoms with Crippen LogP contribution in [0.5, 0.6) is 5.75 Å². The predicted molar refractivity (Wildman–Crippen MR) is 77.0 cm³/mol. The van der Waals surface area contributed by atoms with E-state index in [1.165, 1.54) is 0 Å². The third-order valence-corrected chi connectivity index (χ3v) is 2.98. The van der Waals surface area contributed by atoms with Gasteiger partial charge in [-0.05, 0) is 37.1 Å². The molecule has 6 heteroatoms. The number of ether oxygens (including phenoxy) is 1. The van der Waals surface area contributed by atoms with Gasteiger partial charge in [-0.15, -0.1) is 0 Å². The van der Waals surface area contributed by atoms with E-state index in [0.717, 1.165) is 12.8 Å². The minimum Gasteiger partial charge on any atom is -0.484 e. The summed E-state index contributed by atoms with van der Waals surface area (Å²) in [6, 6.07) is 6.83. The molecule has 0 atom stereocenters. The van der Waals surface area contributed by atoms with E-state index in [-0.39, 0.29) is 24.4 Å². The molecule has 4 N–H and O–H groups in total. The van der Waals surface area contributed by atoms with Gasteiger partial charge in [-0.2, -0.15) is 0 Å². The fourth-order valence-corrected chi connectivity index (χ4v) is 1.69. The van der Waals surface area contributed by atoms with Gasteiger partial charge in [-0.25, -0.2) is 0 Å². The largest absolute Gasteiger partial charge is 0.484 e. The molecule has 0 radical (unpaired) electrons. The number of nitrogens with zero attached hydrogens (tertiary/aromatic N) is 1. The van der Waals surface area contributed by atoms with Gasteiger partial charge >= 0.3 is 0 Å². The van der Waals surface area contributed by atoms with Gasteiger partial charge in [0.25, 0.3) is 5.91 Å². The summed E-state index contributed by atoms with van der Waals surface area (Å²) in [5.74, 6) is 0.446. The Morgan fingerprint density at radius 1 is 1.35 bits per heavy atom. The van der Waals surface area contributed by atoms with Crippen molar-refractivity contribution in [3.05, 3.63) is 29.8 Å². The molecule has 0 heterocycles. The molecule has 110 valence electrons. The zero-order valence-electron chi connectivity index (χ0n) is 11.8. The molecule has 0 saturated carbocycles. The average Bonchev–Trinajstić information content (AvgIpc) is 2.50. The summed E-state index contributed by atoms with van der Waals surface area (Å²) in [5.41, 5.74) is 6.03. The number of benzene rings is 1. The molecule has 1 rings (SSSR count). The SMILES string of the molecule is CCC(CC)NC(=O)COc1ccc(/C(N)=N/O)cc1. The topological polar surface area (TPSA) is 96.9 Å². The minimum atomic E-state index is -0.140. The van der Waals surface area contributed by atoms with Gasteiger partial charge in [-0.3, -0.25) is 4.79 Å². The molecule has 0 aliphatic heterocycles. The molecule has 0 bridgehead atoms. The van der Waals surface area contributed by atoms with Crippen LogP contribution < -0.4 is 15.8 Å². The van der Waals surface area contributed by atoms with E-state index < -0.39 is 0 Å².